The highest BCUT2D eigenvalue weighted by atomic mass is 32.2. The normalized spacial score (nSPS) is 11.2. The molecule has 1 aromatic heterocycles. The van der Waals surface area contributed by atoms with Crippen molar-refractivity contribution in [1.29, 1.82) is 0 Å². The van der Waals surface area contributed by atoms with Crippen LogP contribution < -0.4 is 10.0 Å². The molecule has 9 heteroatoms. The summed E-state index contributed by atoms with van der Waals surface area (Å²) in [6.45, 7) is 1.42. The van der Waals surface area contributed by atoms with Gasteiger partial charge in [0.15, 0.2) is 5.13 Å². The molecule has 0 spiro atoms. The molecule has 0 unspecified atom stereocenters. The Bertz CT molecular complexity index is 1030. The molecular formula is C17H14FN3O3S2. The number of benzene rings is 2. The Labute approximate surface area is 153 Å². The van der Waals surface area contributed by atoms with E-state index in [1.54, 1.807) is 29.6 Å². The van der Waals surface area contributed by atoms with Crippen LogP contribution in [0.25, 0.3) is 11.3 Å². The molecule has 2 aromatic carbocycles. The Morgan fingerprint density at radius 1 is 1.08 bits per heavy atom. The van der Waals surface area contributed by atoms with Gasteiger partial charge in [0.25, 0.3) is 10.0 Å². The second-order valence-corrected chi connectivity index (χ2v) is 7.90. The highest BCUT2D eigenvalue weighted by Gasteiger charge is 2.16. The van der Waals surface area contributed by atoms with Crippen LogP contribution in [0.4, 0.5) is 15.2 Å². The van der Waals surface area contributed by atoms with E-state index in [9.17, 15) is 17.6 Å². The van der Waals surface area contributed by atoms with Gasteiger partial charge >= 0.3 is 0 Å². The predicted octanol–water partition coefficient (Wildman–Crippen LogP) is 3.71. The average molecular weight is 391 g/mol. The summed E-state index contributed by atoms with van der Waals surface area (Å²) in [7, 11) is -3.84. The molecule has 0 fully saturated rings. The third-order valence-corrected chi connectivity index (χ3v) is 5.59. The van der Waals surface area contributed by atoms with Gasteiger partial charge in [0.1, 0.15) is 5.82 Å². The van der Waals surface area contributed by atoms with E-state index in [4.69, 9.17) is 0 Å². The molecule has 2 N–H and O–H groups in total. The zero-order chi connectivity index (χ0) is 18.7. The fourth-order valence-electron chi connectivity index (χ4n) is 2.17. The molecule has 0 aliphatic heterocycles. The molecule has 134 valence electrons. The fraction of sp³-hybridized carbons (Fsp3) is 0.0588. The molecular weight excluding hydrogens is 377 g/mol. The molecule has 1 heterocycles. The number of hydrogen-bond acceptors (Lipinski definition) is 5. The van der Waals surface area contributed by atoms with Crippen molar-refractivity contribution in [2.75, 3.05) is 10.0 Å². The van der Waals surface area contributed by atoms with Gasteiger partial charge in [-0.3, -0.25) is 9.52 Å². The van der Waals surface area contributed by atoms with Gasteiger partial charge in [-0.2, -0.15) is 0 Å². The number of amides is 1. The van der Waals surface area contributed by atoms with Crippen LogP contribution in [0.3, 0.4) is 0 Å². The van der Waals surface area contributed by atoms with Crippen molar-refractivity contribution in [1.82, 2.24) is 4.98 Å². The first kappa shape index (κ1) is 18.0. The number of anilines is 2. The molecule has 0 saturated carbocycles. The number of sulfonamides is 1. The van der Waals surface area contributed by atoms with Crippen molar-refractivity contribution >= 4 is 38.1 Å². The quantitative estimate of drug-likeness (QED) is 0.694. The van der Waals surface area contributed by atoms with E-state index in [1.165, 1.54) is 19.1 Å². The number of hydrogen-bond donors (Lipinski definition) is 2. The monoisotopic (exact) mass is 391 g/mol. The van der Waals surface area contributed by atoms with E-state index in [0.29, 0.717) is 11.4 Å². The molecule has 26 heavy (non-hydrogen) atoms. The van der Waals surface area contributed by atoms with Crippen LogP contribution in [-0.4, -0.2) is 19.3 Å². The van der Waals surface area contributed by atoms with Gasteiger partial charge < -0.3 is 5.32 Å². The first-order valence-electron chi connectivity index (χ1n) is 7.45. The van der Waals surface area contributed by atoms with Gasteiger partial charge in [-0.1, -0.05) is 12.1 Å². The van der Waals surface area contributed by atoms with E-state index in [2.05, 4.69) is 15.0 Å². The van der Waals surface area contributed by atoms with Crippen LogP contribution in [-0.2, 0) is 14.8 Å². The summed E-state index contributed by atoms with van der Waals surface area (Å²) in [5.41, 5.74) is 2.04. The minimum absolute atomic E-state index is 0.0460. The lowest BCUT2D eigenvalue weighted by Crippen LogP contribution is -2.12. The zero-order valence-corrected chi connectivity index (χ0v) is 15.2. The summed E-state index contributed by atoms with van der Waals surface area (Å²) in [6, 6.07) is 11.6. The second-order valence-electron chi connectivity index (χ2n) is 5.36. The van der Waals surface area contributed by atoms with Gasteiger partial charge in [0.2, 0.25) is 5.91 Å². The van der Waals surface area contributed by atoms with Crippen molar-refractivity contribution in [2.45, 2.75) is 11.8 Å². The van der Waals surface area contributed by atoms with Crippen LogP contribution in [0, 0.1) is 5.82 Å². The summed E-state index contributed by atoms with van der Waals surface area (Å²) in [5.74, 6) is -0.674. The molecule has 0 atom stereocenters. The molecule has 6 nitrogen and oxygen atoms in total. The molecule has 3 rings (SSSR count). The summed E-state index contributed by atoms with van der Waals surface area (Å²) >= 11 is 1.14. The summed E-state index contributed by atoms with van der Waals surface area (Å²) < 4.78 is 39.9. The largest absolute Gasteiger partial charge is 0.326 e. The Kier molecular flexibility index (Phi) is 5.01. The van der Waals surface area contributed by atoms with Gasteiger partial charge in [-0.05, 0) is 36.4 Å². The van der Waals surface area contributed by atoms with Crippen LogP contribution in [0.5, 0.6) is 0 Å². The zero-order valence-electron chi connectivity index (χ0n) is 13.6. The Hall–Kier alpha value is -2.78. The predicted molar refractivity (Wildman–Crippen MR) is 99.1 cm³/mol. The second kappa shape index (κ2) is 7.22. The minimum Gasteiger partial charge on any atom is -0.326 e. The van der Waals surface area contributed by atoms with Crippen molar-refractivity contribution in [3.8, 4) is 11.3 Å². The lowest BCUT2D eigenvalue weighted by atomic mass is 10.1. The van der Waals surface area contributed by atoms with Crippen molar-refractivity contribution in [2.24, 2.45) is 0 Å². The van der Waals surface area contributed by atoms with Gasteiger partial charge in [0, 0.05) is 23.6 Å². The summed E-state index contributed by atoms with van der Waals surface area (Å²) in [6.07, 6.45) is 0. The molecule has 0 saturated heterocycles. The smallest absolute Gasteiger partial charge is 0.263 e. The topological polar surface area (TPSA) is 88.2 Å². The summed E-state index contributed by atoms with van der Waals surface area (Å²) in [5, 5.41) is 4.59. The van der Waals surface area contributed by atoms with Crippen LogP contribution >= 0.6 is 11.3 Å². The lowest BCUT2D eigenvalue weighted by molar-refractivity contribution is -0.114. The maximum atomic E-state index is 12.9. The SMILES string of the molecule is CC(=O)Nc1ccc(-c2csc(NS(=O)(=O)c3ccc(F)cc3)n2)cc1. The number of rotatable bonds is 5. The fourth-order valence-corrected chi connectivity index (χ4v) is 4.14. The maximum absolute atomic E-state index is 12.9. The third kappa shape index (κ3) is 4.24. The number of halogens is 1. The van der Waals surface area contributed by atoms with Gasteiger partial charge in [-0.15, -0.1) is 11.3 Å². The summed E-state index contributed by atoms with van der Waals surface area (Å²) in [4.78, 5) is 15.3. The van der Waals surface area contributed by atoms with E-state index in [1.807, 2.05) is 0 Å². The average Bonchev–Trinajstić information content (AvgIpc) is 3.03. The van der Waals surface area contributed by atoms with E-state index >= 15 is 0 Å². The first-order valence-corrected chi connectivity index (χ1v) is 9.82. The van der Waals surface area contributed by atoms with Crippen LogP contribution in [0.1, 0.15) is 6.92 Å². The number of carbonyl (C=O) groups excluding carboxylic acids is 1. The minimum atomic E-state index is -3.84. The molecule has 1 amide bonds. The number of aromatic nitrogens is 1. The van der Waals surface area contributed by atoms with E-state index in [-0.39, 0.29) is 15.9 Å². The van der Waals surface area contributed by atoms with E-state index < -0.39 is 15.8 Å². The highest BCUT2D eigenvalue weighted by molar-refractivity contribution is 7.93. The Morgan fingerprint density at radius 2 is 1.73 bits per heavy atom. The van der Waals surface area contributed by atoms with Crippen LogP contribution in [0.15, 0.2) is 58.8 Å². The standard InChI is InChI=1S/C17H14FN3O3S2/c1-11(22)19-14-6-2-12(3-7-14)16-10-25-17(20-16)21-26(23,24)15-8-4-13(18)5-9-15/h2-10H,1H3,(H,19,22)(H,20,21). The Morgan fingerprint density at radius 3 is 2.35 bits per heavy atom. The molecule has 0 bridgehead atoms. The number of nitrogens with one attached hydrogen (secondary N) is 2. The van der Waals surface area contributed by atoms with Crippen molar-refractivity contribution < 1.29 is 17.6 Å². The molecule has 3 aromatic rings. The lowest BCUT2D eigenvalue weighted by Gasteiger charge is -2.05. The highest BCUT2D eigenvalue weighted by Crippen LogP contribution is 2.27. The molecule has 0 aliphatic carbocycles. The Balaban J connectivity index is 1.77. The van der Waals surface area contributed by atoms with Gasteiger partial charge in [0.05, 0.1) is 10.6 Å². The van der Waals surface area contributed by atoms with Crippen molar-refractivity contribution in [3.63, 3.8) is 0 Å². The van der Waals surface area contributed by atoms with Crippen molar-refractivity contribution in [3.05, 3.63) is 59.7 Å². The van der Waals surface area contributed by atoms with Gasteiger partial charge in [-0.25, -0.2) is 17.8 Å². The van der Waals surface area contributed by atoms with E-state index in [0.717, 1.165) is 29.0 Å². The number of thiazole rings is 1. The first-order chi connectivity index (χ1) is 12.3. The third-order valence-electron chi connectivity index (χ3n) is 3.35. The molecule has 0 radical (unpaired) electrons. The number of carbonyl (C=O) groups is 1. The maximum Gasteiger partial charge on any atom is 0.263 e. The molecule has 0 aliphatic rings. The van der Waals surface area contributed by atoms with Crippen LogP contribution in [0.2, 0.25) is 0 Å². The number of nitrogens with zero attached hydrogens (tertiary/aromatic N) is 1.